The summed E-state index contributed by atoms with van der Waals surface area (Å²) >= 11 is 0. The van der Waals surface area contributed by atoms with E-state index in [4.69, 9.17) is 9.26 Å². The molecule has 2 heterocycles. The molecule has 0 aliphatic carbocycles. The Kier molecular flexibility index (Phi) is 6.60. The molecule has 1 amide bonds. The second-order valence-electron chi connectivity index (χ2n) is 9.41. The Hall–Kier alpha value is -2.37. The van der Waals surface area contributed by atoms with Gasteiger partial charge < -0.3 is 14.2 Å². The van der Waals surface area contributed by atoms with E-state index in [1.807, 2.05) is 29.2 Å². The van der Waals surface area contributed by atoms with Crippen molar-refractivity contribution in [2.24, 2.45) is 11.3 Å². The van der Waals surface area contributed by atoms with Crippen LogP contribution in [0.15, 0.2) is 28.8 Å². The molecule has 6 nitrogen and oxygen atoms in total. The van der Waals surface area contributed by atoms with Crippen LogP contribution in [0.25, 0.3) is 11.4 Å². The Morgan fingerprint density at radius 3 is 2.48 bits per heavy atom. The number of hydrogen-bond donors (Lipinski definition) is 0. The van der Waals surface area contributed by atoms with E-state index >= 15 is 0 Å². The summed E-state index contributed by atoms with van der Waals surface area (Å²) in [5, 5.41) is 4.14. The molecule has 0 spiro atoms. The predicted molar refractivity (Wildman–Crippen MR) is 113 cm³/mol. The van der Waals surface area contributed by atoms with Crippen molar-refractivity contribution >= 4 is 5.91 Å². The minimum Gasteiger partial charge on any atom is -0.497 e. The molecule has 1 atom stereocenters. The van der Waals surface area contributed by atoms with Crippen molar-refractivity contribution in [3.05, 3.63) is 30.2 Å². The zero-order valence-electron chi connectivity index (χ0n) is 18.3. The van der Waals surface area contributed by atoms with E-state index in [-0.39, 0.29) is 17.2 Å². The maximum atomic E-state index is 12.6. The maximum Gasteiger partial charge on any atom is 0.230 e. The molecule has 0 radical (unpaired) electrons. The molecule has 1 aromatic heterocycles. The van der Waals surface area contributed by atoms with Gasteiger partial charge >= 0.3 is 0 Å². The van der Waals surface area contributed by atoms with Crippen LogP contribution in [0, 0.1) is 11.3 Å². The molecule has 0 unspecified atom stereocenters. The number of likely N-dealkylation sites (tertiary alicyclic amines) is 1. The molecular formula is C23H33N3O3. The number of aromatic nitrogens is 2. The molecule has 29 heavy (non-hydrogen) atoms. The number of nitrogens with zero attached hydrogens (tertiary/aromatic N) is 3. The van der Waals surface area contributed by atoms with E-state index in [9.17, 15) is 4.79 Å². The second-order valence-corrected chi connectivity index (χ2v) is 9.41. The highest BCUT2D eigenvalue weighted by Gasteiger charge is 2.28. The van der Waals surface area contributed by atoms with Crippen molar-refractivity contribution in [1.29, 1.82) is 0 Å². The molecule has 0 saturated carbocycles. The Labute approximate surface area is 173 Å². The summed E-state index contributed by atoms with van der Waals surface area (Å²) in [6, 6.07) is 7.62. The quantitative estimate of drug-likeness (QED) is 0.690. The lowest BCUT2D eigenvalue weighted by Crippen LogP contribution is -2.38. The normalized spacial score (nSPS) is 16.7. The molecule has 1 aromatic carbocycles. The van der Waals surface area contributed by atoms with Crippen molar-refractivity contribution < 1.29 is 14.1 Å². The van der Waals surface area contributed by atoms with Gasteiger partial charge in [0.15, 0.2) is 0 Å². The average Bonchev–Trinajstić information content (AvgIpc) is 3.17. The summed E-state index contributed by atoms with van der Waals surface area (Å²) < 4.78 is 10.7. The highest BCUT2D eigenvalue weighted by molar-refractivity contribution is 5.76. The van der Waals surface area contributed by atoms with Crippen LogP contribution in [0.3, 0.4) is 0 Å². The Bertz CT molecular complexity index is 800. The van der Waals surface area contributed by atoms with E-state index in [0.717, 1.165) is 43.7 Å². The van der Waals surface area contributed by atoms with Crippen LogP contribution in [0.2, 0.25) is 0 Å². The van der Waals surface area contributed by atoms with Crippen LogP contribution in [0.1, 0.15) is 65.2 Å². The fourth-order valence-corrected chi connectivity index (χ4v) is 4.18. The first-order chi connectivity index (χ1) is 13.7. The third-order valence-electron chi connectivity index (χ3n) is 5.47. The third kappa shape index (κ3) is 5.81. The highest BCUT2D eigenvalue weighted by Crippen LogP contribution is 2.30. The van der Waals surface area contributed by atoms with Crippen LogP contribution >= 0.6 is 0 Å². The molecule has 2 aromatic rings. The van der Waals surface area contributed by atoms with Gasteiger partial charge in [0.2, 0.25) is 17.6 Å². The molecule has 158 valence electrons. The van der Waals surface area contributed by atoms with Gasteiger partial charge in [-0.05, 0) is 54.9 Å². The van der Waals surface area contributed by atoms with Crippen molar-refractivity contribution in [3.63, 3.8) is 0 Å². The summed E-state index contributed by atoms with van der Waals surface area (Å²) in [5.74, 6) is 2.95. The number of amides is 1. The summed E-state index contributed by atoms with van der Waals surface area (Å²) in [6.07, 6.45) is 3.42. The van der Waals surface area contributed by atoms with E-state index in [1.165, 1.54) is 0 Å². The monoisotopic (exact) mass is 399 g/mol. The van der Waals surface area contributed by atoms with Gasteiger partial charge in [-0.25, -0.2) is 0 Å². The van der Waals surface area contributed by atoms with E-state index < -0.39 is 0 Å². The number of methoxy groups -OCH3 is 1. The lowest BCUT2D eigenvalue weighted by atomic mass is 9.84. The van der Waals surface area contributed by atoms with Crippen molar-refractivity contribution in [1.82, 2.24) is 15.0 Å². The summed E-state index contributed by atoms with van der Waals surface area (Å²) in [5.41, 5.74) is 1.16. The zero-order valence-corrected chi connectivity index (χ0v) is 18.3. The third-order valence-corrected chi connectivity index (χ3v) is 5.47. The Balaban J connectivity index is 1.53. The Morgan fingerprint density at radius 2 is 1.90 bits per heavy atom. The van der Waals surface area contributed by atoms with Crippen LogP contribution < -0.4 is 4.74 Å². The molecule has 1 fully saturated rings. The number of ether oxygens (including phenoxy) is 1. The lowest BCUT2D eigenvalue weighted by Gasteiger charge is -2.32. The van der Waals surface area contributed by atoms with Crippen LogP contribution in [0.5, 0.6) is 5.75 Å². The fourth-order valence-electron chi connectivity index (χ4n) is 4.18. The number of carbonyl (C=O) groups is 1. The first kappa shape index (κ1) is 21.3. The molecule has 0 bridgehead atoms. The topological polar surface area (TPSA) is 68.5 Å². The van der Waals surface area contributed by atoms with Gasteiger partial charge in [-0.3, -0.25) is 4.79 Å². The SMILES string of the molecule is COc1ccc(-c2noc(C3CCN(C(=O)C[C@@H](C)CC(C)(C)C)CC3)n2)cc1. The minimum absolute atomic E-state index is 0.213. The number of carbonyl (C=O) groups excluding carboxylic acids is 1. The Morgan fingerprint density at radius 1 is 1.24 bits per heavy atom. The van der Waals surface area contributed by atoms with Crippen molar-refractivity contribution in [2.45, 2.75) is 59.3 Å². The van der Waals surface area contributed by atoms with Crippen molar-refractivity contribution in [2.75, 3.05) is 20.2 Å². The standard InChI is InChI=1S/C23H33N3O3/c1-16(15-23(2,3)4)14-20(27)26-12-10-18(11-13-26)22-24-21(25-29-22)17-6-8-19(28-5)9-7-17/h6-9,16,18H,10-15H2,1-5H3/t16-/m1/s1. The van der Waals surface area contributed by atoms with Gasteiger partial charge in [-0.2, -0.15) is 4.98 Å². The van der Waals surface area contributed by atoms with Gasteiger partial charge in [0.25, 0.3) is 0 Å². The van der Waals surface area contributed by atoms with E-state index in [2.05, 4.69) is 37.8 Å². The molecule has 3 rings (SSSR count). The fraction of sp³-hybridized carbons (Fsp3) is 0.609. The molecule has 1 saturated heterocycles. The number of rotatable bonds is 6. The molecular weight excluding hydrogens is 366 g/mol. The maximum absolute atomic E-state index is 12.6. The molecule has 0 N–H and O–H groups in total. The summed E-state index contributed by atoms with van der Waals surface area (Å²) in [7, 11) is 1.64. The predicted octanol–water partition coefficient (Wildman–Crippen LogP) is 4.91. The lowest BCUT2D eigenvalue weighted by molar-refractivity contribution is -0.133. The van der Waals surface area contributed by atoms with E-state index in [0.29, 0.717) is 24.1 Å². The molecule has 1 aliphatic rings. The van der Waals surface area contributed by atoms with Gasteiger partial charge in [-0.15, -0.1) is 0 Å². The largest absolute Gasteiger partial charge is 0.497 e. The summed E-state index contributed by atoms with van der Waals surface area (Å²) in [6.45, 7) is 10.4. The smallest absolute Gasteiger partial charge is 0.230 e. The van der Waals surface area contributed by atoms with Gasteiger partial charge in [0, 0.05) is 31.0 Å². The molecule has 6 heteroatoms. The van der Waals surface area contributed by atoms with Crippen LogP contribution in [-0.4, -0.2) is 41.1 Å². The molecule has 1 aliphatic heterocycles. The van der Waals surface area contributed by atoms with E-state index in [1.54, 1.807) is 7.11 Å². The second kappa shape index (κ2) is 8.97. The van der Waals surface area contributed by atoms with Crippen LogP contribution in [-0.2, 0) is 4.79 Å². The average molecular weight is 400 g/mol. The van der Waals surface area contributed by atoms with Gasteiger partial charge in [-0.1, -0.05) is 32.9 Å². The highest BCUT2D eigenvalue weighted by atomic mass is 16.5. The van der Waals surface area contributed by atoms with Crippen molar-refractivity contribution in [3.8, 4) is 17.1 Å². The van der Waals surface area contributed by atoms with Crippen LogP contribution in [0.4, 0.5) is 0 Å². The minimum atomic E-state index is 0.213. The number of hydrogen-bond acceptors (Lipinski definition) is 5. The first-order valence-electron chi connectivity index (χ1n) is 10.5. The number of piperidine rings is 1. The summed E-state index contributed by atoms with van der Waals surface area (Å²) in [4.78, 5) is 19.2. The van der Waals surface area contributed by atoms with Gasteiger partial charge in [0.1, 0.15) is 5.75 Å². The van der Waals surface area contributed by atoms with Gasteiger partial charge in [0.05, 0.1) is 7.11 Å². The number of benzene rings is 1. The first-order valence-corrected chi connectivity index (χ1v) is 10.5. The zero-order chi connectivity index (χ0) is 21.0.